The first-order valence-corrected chi connectivity index (χ1v) is 6.87. The van der Waals surface area contributed by atoms with E-state index < -0.39 is 5.97 Å². The third kappa shape index (κ3) is 3.48. The molecule has 3 saturated heterocycles. The van der Waals surface area contributed by atoms with Gasteiger partial charge < -0.3 is 20.1 Å². The molecule has 19 heavy (non-hydrogen) atoms. The number of carbonyl (C=O) groups is 2. The van der Waals surface area contributed by atoms with Crippen molar-refractivity contribution in [3.63, 3.8) is 0 Å². The number of rotatable bonds is 5. The maximum atomic E-state index is 11.5. The lowest BCUT2D eigenvalue weighted by molar-refractivity contribution is -0.943. The number of fused-ring (bicyclic) bond motifs is 3. The summed E-state index contributed by atoms with van der Waals surface area (Å²) in [4.78, 5) is 23.2. The molecule has 2 N–H and O–H groups in total. The van der Waals surface area contributed by atoms with E-state index in [1.807, 2.05) is 0 Å². The molecule has 3 aliphatic heterocycles. The number of carboxylic acids is 1. The van der Waals surface area contributed by atoms with Crippen LogP contribution in [0.3, 0.4) is 0 Å². The minimum absolute atomic E-state index is 0.000789. The average molecular weight is 264 g/mol. The maximum Gasteiger partial charge on any atom is 0.220 e. The molecule has 0 radical (unpaired) electrons. The highest BCUT2D eigenvalue weighted by atomic mass is 16.4. The summed E-state index contributed by atoms with van der Waals surface area (Å²) in [6.07, 6.45) is 7.56. The number of hydrogen-bond acceptors (Lipinski definition) is 3. The molecule has 4 atom stereocenters. The van der Waals surface area contributed by atoms with E-state index in [1.54, 1.807) is 0 Å². The molecule has 0 spiro atoms. The summed E-state index contributed by atoms with van der Waals surface area (Å²) in [6, 6.07) is 0.426. The van der Waals surface area contributed by atoms with Gasteiger partial charge >= 0.3 is 0 Å². The number of quaternary nitrogens is 1. The fourth-order valence-electron chi connectivity index (χ4n) is 3.27. The van der Waals surface area contributed by atoms with Gasteiger partial charge in [-0.15, -0.1) is 6.42 Å². The minimum atomic E-state index is -1.18. The second-order valence-electron chi connectivity index (χ2n) is 5.54. The monoisotopic (exact) mass is 264 g/mol. The molecule has 0 aromatic rings. The Morgan fingerprint density at radius 3 is 2.79 bits per heavy atom. The van der Waals surface area contributed by atoms with Crippen LogP contribution in [0.5, 0.6) is 0 Å². The summed E-state index contributed by atoms with van der Waals surface area (Å²) in [6.45, 7) is 2.75. The van der Waals surface area contributed by atoms with E-state index in [0.29, 0.717) is 24.4 Å². The molecule has 0 aromatic carbocycles. The number of nitrogens with one attached hydrogen (secondary N) is 2. The van der Waals surface area contributed by atoms with E-state index in [4.69, 9.17) is 6.42 Å². The smallest absolute Gasteiger partial charge is 0.220 e. The highest BCUT2D eigenvalue weighted by Gasteiger charge is 2.42. The molecule has 3 rings (SSSR count). The second kappa shape index (κ2) is 6.07. The molecule has 2 bridgehead atoms. The van der Waals surface area contributed by atoms with Crippen LogP contribution in [-0.4, -0.2) is 37.6 Å². The van der Waals surface area contributed by atoms with Gasteiger partial charge in [0.05, 0.1) is 25.6 Å². The first kappa shape index (κ1) is 13.9. The Morgan fingerprint density at radius 1 is 1.42 bits per heavy atom. The normalized spacial score (nSPS) is 32.6. The summed E-state index contributed by atoms with van der Waals surface area (Å²) in [5.41, 5.74) is 0. The number of carbonyl (C=O) groups excluding carboxylic acids is 2. The number of terminal acetylenes is 1. The molecular weight excluding hydrogens is 244 g/mol. The van der Waals surface area contributed by atoms with Crippen LogP contribution in [-0.2, 0) is 9.59 Å². The number of carboxylic acid groups (broad SMARTS) is 1. The van der Waals surface area contributed by atoms with E-state index in [1.165, 1.54) is 11.3 Å². The van der Waals surface area contributed by atoms with Gasteiger partial charge in [0.2, 0.25) is 5.91 Å². The van der Waals surface area contributed by atoms with Crippen molar-refractivity contribution in [1.82, 2.24) is 5.32 Å². The van der Waals surface area contributed by atoms with Gasteiger partial charge in [-0.05, 0) is 12.3 Å². The van der Waals surface area contributed by atoms with Crippen LogP contribution in [0.2, 0.25) is 0 Å². The summed E-state index contributed by atoms with van der Waals surface area (Å²) in [5.74, 6) is 2.46. The lowest BCUT2D eigenvalue weighted by atomic mass is 9.76. The van der Waals surface area contributed by atoms with Crippen molar-refractivity contribution in [3.8, 4) is 12.3 Å². The fourth-order valence-corrected chi connectivity index (χ4v) is 3.27. The molecule has 0 saturated carbocycles. The van der Waals surface area contributed by atoms with E-state index in [0.717, 1.165) is 19.5 Å². The van der Waals surface area contributed by atoms with E-state index in [2.05, 4.69) is 11.2 Å². The Bertz CT molecular complexity index is 402. The van der Waals surface area contributed by atoms with Crippen LogP contribution in [0.4, 0.5) is 0 Å². The van der Waals surface area contributed by atoms with Crippen molar-refractivity contribution in [3.05, 3.63) is 0 Å². The summed E-state index contributed by atoms with van der Waals surface area (Å²) < 4.78 is 0. The van der Waals surface area contributed by atoms with Gasteiger partial charge in [0, 0.05) is 25.2 Å². The number of piperidine rings is 3. The predicted molar refractivity (Wildman–Crippen MR) is 66.8 cm³/mol. The SMILES string of the molecule is C#C[C@H]1C[NH+]2CC[C@H]1C[C@@H]2CNC(=O)CCC(=O)[O-]. The third-order valence-electron chi connectivity index (χ3n) is 4.37. The topological polar surface area (TPSA) is 73.7 Å². The molecule has 0 aromatic heterocycles. The molecule has 3 heterocycles. The number of hydrogen-bond donors (Lipinski definition) is 2. The molecule has 1 amide bonds. The molecule has 1 unspecified atom stereocenters. The first-order chi connectivity index (χ1) is 9.10. The predicted octanol–water partition coefficient (Wildman–Crippen LogP) is -2.44. The van der Waals surface area contributed by atoms with Crippen molar-refractivity contribution in [2.24, 2.45) is 11.8 Å². The molecule has 3 fully saturated rings. The van der Waals surface area contributed by atoms with Crippen LogP contribution in [0.1, 0.15) is 25.7 Å². The fraction of sp³-hybridized carbons (Fsp3) is 0.714. The zero-order valence-electron chi connectivity index (χ0n) is 11.0. The lowest BCUT2D eigenvalue weighted by Crippen LogP contribution is -3.20. The average Bonchev–Trinajstić information content (AvgIpc) is 2.43. The highest BCUT2D eigenvalue weighted by molar-refractivity contribution is 5.79. The van der Waals surface area contributed by atoms with Gasteiger partial charge in [-0.2, -0.15) is 0 Å². The van der Waals surface area contributed by atoms with E-state index in [-0.39, 0.29) is 18.7 Å². The van der Waals surface area contributed by atoms with Crippen molar-refractivity contribution in [2.45, 2.75) is 31.7 Å². The van der Waals surface area contributed by atoms with Crippen LogP contribution < -0.4 is 15.3 Å². The Balaban J connectivity index is 1.75. The Hall–Kier alpha value is -1.54. The van der Waals surface area contributed by atoms with Crippen LogP contribution in [0.25, 0.3) is 0 Å². The van der Waals surface area contributed by atoms with Crippen molar-refractivity contribution >= 4 is 11.9 Å². The summed E-state index contributed by atoms with van der Waals surface area (Å²) >= 11 is 0. The van der Waals surface area contributed by atoms with Crippen LogP contribution in [0, 0.1) is 24.2 Å². The Labute approximate surface area is 113 Å². The summed E-state index contributed by atoms with van der Waals surface area (Å²) in [7, 11) is 0. The quantitative estimate of drug-likeness (QED) is 0.542. The standard InChI is InChI=1S/C14H20N2O3/c1-2-10-9-16-6-5-11(10)7-12(16)8-15-13(17)3-4-14(18)19/h1,10-12H,3-9H2,(H,15,17)(H,18,19)/t10-,11-,12+/m0/s1. The number of aliphatic carboxylic acids is 1. The second-order valence-corrected chi connectivity index (χ2v) is 5.54. The molecule has 0 aliphatic carbocycles. The zero-order valence-corrected chi connectivity index (χ0v) is 11.0. The lowest BCUT2D eigenvalue weighted by Gasteiger charge is -2.45. The molecule has 5 nitrogen and oxygen atoms in total. The van der Waals surface area contributed by atoms with Gasteiger partial charge in [0.25, 0.3) is 0 Å². The zero-order chi connectivity index (χ0) is 13.8. The first-order valence-electron chi connectivity index (χ1n) is 6.87. The summed E-state index contributed by atoms with van der Waals surface area (Å²) in [5, 5.41) is 13.1. The van der Waals surface area contributed by atoms with Crippen LogP contribution in [0.15, 0.2) is 0 Å². The minimum Gasteiger partial charge on any atom is -0.550 e. The molecular formula is C14H20N2O3. The molecule has 5 heteroatoms. The Morgan fingerprint density at radius 2 is 2.21 bits per heavy atom. The number of amides is 1. The van der Waals surface area contributed by atoms with Gasteiger partial charge in [-0.25, -0.2) is 0 Å². The van der Waals surface area contributed by atoms with Gasteiger partial charge in [0.1, 0.15) is 6.04 Å². The van der Waals surface area contributed by atoms with Crippen molar-refractivity contribution in [2.75, 3.05) is 19.6 Å². The van der Waals surface area contributed by atoms with Gasteiger partial charge in [-0.3, -0.25) is 4.79 Å². The third-order valence-corrected chi connectivity index (χ3v) is 4.37. The highest BCUT2D eigenvalue weighted by Crippen LogP contribution is 2.25. The molecule has 3 aliphatic rings. The van der Waals surface area contributed by atoms with Gasteiger partial charge in [-0.1, -0.05) is 5.92 Å². The van der Waals surface area contributed by atoms with Crippen LogP contribution >= 0.6 is 0 Å². The van der Waals surface area contributed by atoms with E-state index >= 15 is 0 Å². The van der Waals surface area contributed by atoms with Crippen molar-refractivity contribution in [1.29, 1.82) is 0 Å². The Kier molecular flexibility index (Phi) is 4.43. The van der Waals surface area contributed by atoms with Crippen molar-refractivity contribution < 1.29 is 19.6 Å². The largest absolute Gasteiger partial charge is 0.550 e. The maximum absolute atomic E-state index is 11.5. The molecule has 104 valence electrons. The van der Waals surface area contributed by atoms with Gasteiger partial charge in [0.15, 0.2) is 0 Å². The van der Waals surface area contributed by atoms with E-state index in [9.17, 15) is 14.7 Å².